The molecule has 0 saturated carbocycles. The lowest BCUT2D eigenvalue weighted by atomic mass is 10.2. The molecule has 3 heteroatoms. The van der Waals surface area contributed by atoms with Crippen LogP contribution in [0.3, 0.4) is 0 Å². The van der Waals surface area contributed by atoms with E-state index in [0.29, 0.717) is 5.76 Å². The molecule has 0 amide bonds. The van der Waals surface area contributed by atoms with Crippen LogP contribution in [0.2, 0.25) is 5.04 Å². The van der Waals surface area contributed by atoms with Gasteiger partial charge in [-0.05, 0) is 29.3 Å². The Bertz CT molecular complexity index is 673. The van der Waals surface area contributed by atoms with Crippen molar-refractivity contribution in [3.63, 3.8) is 0 Å². The summed E-state index contributed by atoms with van der Waals surface area (Å²) in [6.45, 7) is 10.1. The summed E-state index contributed by atoms with van der Waals surface area (Å²) in [6.07, 6.45) is 1.58. The van der Waals surface area contributed by atoms with Gasteiger partial charge in [0.15, 0.2) is 5.78 Å². The summed E-state index contributed by atoms with van der Waals surface area (Å²) in [5.74, 6) is 0.683. The van der Waals surface area contributed by atoms with Gasteiger partial charge in [-0.1, -0.05) is 81.4 Å². The first kappa shape index (κ1) is 18.2. The van der Waals surface area contributed by atoms with E-state index in [1.54, 1.807) is 13.0 Å². The average Bonchev–Trinajstić information content (AvgIpc) is 2.52. The maximum atomic E-state index is 11.5. The van der Waals surface area contributed by atoms with Gasteiger partial charge in [-0.3, -0.25) is 4.79 Å². The zero-order valence-electron chi connectivity index (χ0n) is 15.2. The van der Waals surface area contributed by atoms with E-state index in [-0.39, 0.29) is 10.8 Å². The lowest BCUT2D eigenvalue weighted by molar-refractivity contribution is -0.112. The maximum absolute atomic E-state index is 11.5. The first-order valence-corrected chi connectivity index (χ1v) is 10.2. The minimum absolute atomic E-state index is 0.00503. The Hall–Kier alpha value is -2.13. The molecule has 0 aromatic heterocycles. The highest BCUT2D eigenvalue weighted by Gasteiger charge is 2.52. The summed E-state index contributed by atoms with van der Waals surface area (Å²) in [7, 11) is -2.60. The van der Waals surface area contributed by atoms with Crippen LogP contribution < -0.4 is 10.4 Å². The fourth-order valence-electron chi connectivity index (χ4n) is 3.21. The third-order valence-corrected chi connectivity index (χ3v) is 9.17. The molecule has 2 aromatic carbocycles. The molecule has 2 aromatic rings. The highest BCUT2D eigenvalue weighted by atomic mass is 28.4. The zero-order chi connectivity index (χ0) is 17.8. The molecule has 0 N–H and O–H groups in total. The van der Waals surface area contributed by atoms with Crippen LogP contribution in [0.4, 0.5) is 0 Å². The fraction of sp³-hybridized carbons (Fsp3) is 0.286. The van der Waals surface area contributed by atoms with Crippen molar-refractivity contribution in [1.29, 1.82) is 0 Å². The zero-order valence-corrected chi connectivity index (χ0v) is 16.2. The normalized spacial score (nSPS) is 12.8. The van der Waals surface area contributed by atoms with Gasteiger partial charge in [0.25, 0.3) is 0 Å². The van der Waals surface area contributed by atoms with Crippen molar-refractivity contribution in [3.05, 3.63) is 72.5 Å². The number of benzene rings is 2. The van der Waals surface area contributed by atoms with Gasteiger partial charge in [-0.2, -0.15) is 0 Å². The van der Waals surface area contributed by atoms with Gasteiger partial charge in [-0.25, -0.2) is 0 Å². The molecular formula is C21H26O2Si. The number of carbonyl (C=O) groups excluding carboxylic acids is 1. The number of hydrogen-bond acceptors (Lipinski definition) is 2. The minimum atomic E-state index is -2.60. The van der Waals surface area contributed by atoms with E-state index in [9.17, 15) is 4.79 Å². The lowest BCUT2D eigenvalue weighted by Gasteiger charge is -2.43. The van der Waals surface area contributed by atoms with Crippen LogP contribution in [-0.2, 0) is 9.22 Å². The molecule has 0 radical (unpaired) electrons. The summed E-state index contributed by atoms with van der Waals surface area (Å²) in [5, 5.41) is 2.32. The lowest BCUT2D eigenvalue weighted by Crippen LogP contribution is -2.66. The fourth-order valence-corrected chi connectivity index (χ4v) is 7.68. The number of rotatable bonds is 5. The summed E-state index contributed by atoms with van der Waals surface area (Å²) in [5.41, 5.74) is 0. The second-order valence-electron chi connectivity index (χ2n) is 7.13. The second-order valence-corrected chi connectivity index (χ2v) is 11.4. The largest absolute Gasteiger partial charge is 0.537 e. The molecule has 0 unspecified atom stereocenters. The highest BCUT2D eigenvalue weighted by Crippen LogP contribution is 2.37. The van der Waals surface area contributed by atoms with Crippen molar-refractivity contribution in [2.45, 2.75) is 39.7 Å². The van der Waals surface area contributed by atoms with Gasteiger partial charge in [0.1, 0.15) is 0 Å². The Morgan fingerprint density at radius 3 is 1.62 bits per heavy atom. The number of hydrogen-bond donors (Lipinski definition) is 0. The van der Waals surface area contributed by atoms with E-state index >= 15 is 0 Å². The minimum Gasteiger partial charge on any atom is -0.537 e. The van der Waals surface area contributed by atoms with Crippen molar-refractivity contribution >= 4 is 24.5 Å². The molecule has 24 heavy (non-hydrogen) atoms. The predicted octanol–water partition coefficient (Wildman–Crippen LogP) is 4.06. The molecule has 0 aliphatic carbocycles. The molecule has 0 heterocycles. The monoisotopic (exact) mass is 338 g/mol. The molecule has 0 aliphatic rings. The van der Waals surface area contributed by atoms with Crippen LogP contribution in [0.25, 0.3) is 0 Å². The molecule has 2 nitrogen and oxygen atoms in total. The van der Waals surface area contributed by atoms with Crippen molar-refractivity contribution in [2.24, 2.45) is 0 Å². The smallest absolute Gasteiger partial charge is 0.319 e. The Morgan fingerprint density at radius 2 is 1.29 bits per heavy atom. The Labute approximate surface area is 146 Å². The Kier molecular flexibility index (Phi) is 5.45. The number of allylic oxidation sites excluding steroid dienone is 2. The second kappa shape index (κ2) is 7.18. The molecule has 0 atom stereocenters. The quantitative estimate of drug-likeness (QED) is 0.467. The van der Waals surface area contributed by atoms with Crippen molar-refractivity contribution in [3.8, 4) is 0 Å². The van der Waals surface area contributed by atoms with E-state index in [2.05, 4.69) is 69.3 Å². The summed E-state index contributed by atoms with van der Waals surface area (Å²) >= 11 is 0. The Balaban J connectivity index is 2.73. The van der Waals surface area contributed by atoms with Crippen molar-refractivity contribution in [2.75, 3.05) is 0 Å². The molecular weight excluding hydrogens is 312 g/mol. The molecule has 126 valence electrons. The van der Waals surface area contributed by atoms with Crippen LogP contribution in [0.1, 0.15) is 34.6 Å². The van der Waals surface area contributed by atoms with Gasteiger partial charge in [0.2, 0.25) is 0 Å². The van der Waals surface area contributed by atoms with E-state index < -0.39 is 8.32 Å². The van der Waals surface area contributed by atoms with Gasteiger partial charge in [-0.15, -0.1) is 0 Å². The van der Waals surface area contributed by atoms with Crippen molar-refractivity contribution in [1.82, 2.24) is 0 Å². The first-order valence-electron chi connectivity index (χ1n) is 8.26. The van der Waals surface area contributed by atoms with Gasteiger partial charge >= 0.3 is 8.32 Å². The summed E-state index contributed by atoms with van der Waals surface area (Å²) in [6, 6.07) is 20.8. The average molecular weight is 339 g/mol. The predicted molar refractivity (Wildman–Crippen MR) is 103 cm³/mol. The van der Waals surface area contributed by atoms with E-state index in [4.69, 9.17) is 4.43 Å². The Morgan fingerprint density at radius 1 is 0.875 bits per heavy atom. The van der Waals surface area contributed by atoms with Crippen molar-refractivity contribution < 1.29 is 9.22 Å². The first-order chi connectivity index (χ1) is 11.3. The third kappa shape index (κ3) is 3.67. The van der Waals surface area contributed by atoms with E-state index in [1.807, 2.05) is 19.1 Å². The van der Waals surface area contributed by atoms with Gasteiger partial charge in [0.05, 0.1) is 5.76 Å². The molecule has 0 fully saturated rings. The summed E-state index contributed by atoms with van der Waals surface area (Å²) < 4.78 is 6.66. The van der Waals surface area contributed by atoms with E-state index in [1.165, 1.54) is 10.4 Å². The van der Waals surface area contributed by atoms with Gasteiger partial charge < -0.3 is 4.43 Å². The summed E-state index contributed by atoms with van der Waals surface area (Å²) in [4.78, 5) is 11.5. The number of carbonyl (C=O) groups is 1. The molecule has 0 aliphatic heterocycles. The third-order valence-electron chi connectivity index (χ3n) is 4.14. The molecule has 2 rings (SSSR count). The van der Waals surface area contributed by atoms with Crippen LogP contribution in [0, 0.1) is 0 Å². The topological polar surface area (TPSA) is 26.3 Å². The van der Waals surface area contributed by atoms with Crippen LogP contribution in [-0.4, -0.2) is 14.1 Å². The SMILES string of the molecule is CC(=O)/C=C(/C)O[Si](c1ccccc1)(c1ccccc1)C(C)(C)C. The number of ketones is 1. The molecule has 0 saturated heterocycles. The maximum Gasteiger partial charge on any atom is 0.319 e. The highest BCUT2D eigenvalue weighted by molar-refractivity contribution is 6.99. The van der Waals surface area contributed by atoms with Crippen LogP contribution >= 0.6 is 0 Å². The van der Waals surface area contributed by atoms with Crippen LogP contribution in [0.5, 0.6) is 0 Å². The standard InChI is InChI=1S/C21H26O2Si/c1-17(22)16-18(2)23-24(21(3,4)5,19-12-8-6-9-13-19)20-14-10-7-11-15-20/h6-16H,1-5H3/b18-16-. The van der Waals surface area contributed by atoms with E-state index in [0.717, 1.165) is 0 Å². The van der Waals surface area contributed by atoms with Crippen LogP contribution in [0.15, 0.2) is 72.5 Å². The van der Waals surface area contributed by atoms with Gasteiger partial charge in [0, 0.05) is 6.08 Å². The molecule has 0 spiro atoms. The molecule has 0 bridgehead atoms.